The molecule has 12 heavy (non-hydrogen) atoms. The average Bonchev–Trinajstić information content (AvgIpc) is 2.01. The highest BCUT2D eigenvalue weighted by Gasteiger charge is 2.04. The van der Waals surface area contributed by atoms with Gasteiger partial charge in [-0.15, -0.1) is 0 Å². The van der Waals surface area contributed by atoms with Gasteiger partial charge < -0.3 is 5.32 Å². The molecule has 0 spiro atoms. The minimum Gasteiger partial charge on any atom is -0.354 e. The number of hydrogen-bond donors (Lipinski definition) is 1. The lowest BCUT2D eigenvalue weighted by Gasteiger charge is -2.11. The van der Waals surface area contributed by atoms with Crippen LogP contribution in [0, 0.1) is 0 Å². The zero-order chi connectivity index (χ0) is 9.40. The van der Waals surface area contributed by atoms with Gasteiger partial charge in [0.05, 0.1) is 0 Å². The summed E-state index contributed by atoms with van der Waals surface area (Å²) in [4.78, 5) is 11.2. The molecule has 3 heteroatoms. The van der Waals surface area contributed by atoms with Crippen molar-refractivity contribution < 1.29 is 4.79 Å². The van der Waals surface area contributed by atoms with Crippen LogP contribution in [0.3, 0.4) is 0 Å². The Kier molecular flexibility index (Phi) is 7.96. The number of rotatable bonds is 6. The fourth-order valence-electron chi connectivity index (χ4n) is 1.08. The minimum absolute atomic E-state index is 0.201. The van der Waals surface area contributed by atoms with E-state index in [-0.39, 0.29) is 5.91 Å². The fourth-order valence-corrected chi connectivity index (χ4v) is 1.46. The lowest BCUT2D eigenvalue weighted by Crippen LogP contribution is -2.32. The number of amides is 1. The van der Waals surface area contributed by atoms with Gasteiger partial charge in [-0.3, -0.25) is 4.79 Å². The monoisotopic (exact) mass is 283 g/mol. The van der Waals surface area contributed by atoms with Crippen molar-refractivity contribution in [1.29, 1.82) is 0 Å². The highest BCUT2D eigenvalue weighted by molar-refractivity contribution is 14.1. The van der Waals surface area contributed by atoms with Gasteiger partial charge in [-0.05, 0) is 19.8 Å². The zero-order valence-electron chi connectivity index (χ0n) is 7.90. The highest BCUT2D eigenvalue weighted by atomic mass is 127. The van der Waals surface area contributed by atoms with Crippen molar-refractivity contribution in [3.05, 3.63) is 0 Å². The first-order valence-electron chi connectivity index (χ1n) is 4.56. The molecule has 0 rings (SSSR count). The van der Waals surface area contributed by atoms with Crippen LogP contribution in [0.4, 0.5) is 0 Å². The number of nitrogens with one attached hydrogen (secondary N) is 1. The Hall–Kier alpha value is 0.200. The molecule has 1 atom stereocenters. The molecule has 72 valence electrons. The first-order chi connectivity index (χ1) is 5.70. The summed E-state index contributed by atoms with van der Waals surface area (Å²) in [5.74, 6) is 0.201. The van der Waals surface area contributed by atoms with Gasteiger partial charge in [0.1, 0.15) is 0 Å². The van der Waals surface area contributed by atoms with Crippen molar-refractivity contribution in [1.82, 2.24) is 5.32 Å². The third-order valence-corrected chi connectivity index (χ3v) is 2.43. The molecular formula is C9H18INO. The molecule has 0 aromatic carbocycles. The molecule has 0 aliphatic heterocycles. The second kappa shape index (κ2) is 7.83. The maximum absolute atomic E-state index is 11.2. The summed E-state index contributed by atoms with van der Waals surface area (Å²) in [6, 6.07) is 0.344. The maximum Gasteiger partial charge on any atom is 0.220 e. The van der Waals surface area contributed by atoms with E-state index in [0.29, 0.717) is 12.5 Å². The normalized spacial score (nSPS) is 12.6. The average molecular weight is 283 g/mol. The Bertz CT molecular complexity index is 128. The van der Waals surface area contributed by atoms with Crippen LogP contribution in [-0.2, 0) is 4.79 Å². The molecular weight excluding hydrogens is 265 g/mol. The summed E-state index contributed by atoms with van der Waals surface area (Å²) in [6.07, 6.45) is 3.88. The zero-order valence-corrected chi connectivity index (χ0v) is 10.1. The fraction of sp³-hybridized carbons (Fsp3) is 0.889. The second-order valence-electron chi connectivity index (χ2n) is 3.05. The Morgan fingerprint density at radius 1 is 1.58 bits per heavy atom. The largest absolute Gasteiger partial charge is 0.354 e. The van der Waals surface area contributed by atoms with E-state index < -0.39 is 0 Å². The molecule has 0 aromatic rings. The van der Waals surface area contributed by atoms with Gasteiger partial charge in [0.25, 0.3) is 0 Å². The van der Waals surface area contributed by atoms with Gasteiger partial charge in [-0.1, -0.05) is 35.9 Å². The summed E-state index contributed by atoms with van der Waals surface area (Å²) in [5.41, 5.74) is 0. The van der Waals surface area contributed by atoms with Crippen LogP contribution in [0.2, 0.25) is 0 Å². The number of hydrogen-bond acceptors (Lipinski definition) is 1. The van der Waals surface area contributed by atoms with E-state index in [0.717, 1.165) is 23.7 Å². The van der Waals surface area contributed by atoms with Gasteiger partial charge in [0, 0.05) is 16.9 Å². The first-order valence-corrected chi connectivity index (χ1v) is 6.08. The number of halogens is 1. The molecule has 0 saturated carbocycles. The minimum atomic E-state index is 0.201. The van der Waals surface area contributed by atoms with Crippen LogP contribution in [0.5, 0.6) is 0 Å². The molecule has 1 unspecified atom stereocenters. The van der Waals surface area contributed by atoms with Crippen molar-refractivity contribution in [2.75, 3.05) is 4.43 Å². The van der Waals surface area contributed by atoms with E-state index in [9.17, 15) is 4.79 Å². The topological polar surface area (TPSA) is 29.1 Å². The second-order valence-corrected chi connectivity index (χ2v) is 4.13. The standard InChI is InChI=1S/C9H18INO/c1-3-5-8(2)11-9(12)6-4-7-10/h8H,3-7H2,1-2H3,(H,11,12). The van der Waals surface area contributed by atoms with Gasteiger partial charge in [0.15, 0.2) is 0 Å². The van der Waals surface area contributed by atoms with Crippen molar-refractivity contribution in [3.63, 3.8) is 0 Å². The van der Waals surface area contributed by atoms with Gasteiger partial charge in [-0.2, -0.15) is 0 Å². The molecule has 2 nitrogen and oxygen atoms in total. The Balaban J connectivity index is 3.40. The number of carbonyl (C=O) groups is 1. The Morgan fingerprint density at radius 2 is 2.25 bits per heavy atom. The molecule has 0 heterocycles. The van der Waals surface area contributed by atoms with Crippen LogP contribution >= 0.6 is 22.6 Å². The molecule has 1 N–H and O–H groups in total. The quantitative estimate of drug-likeness (QED) is 0.589. The predicted octanol–water partition coefficient (Wildman–Crippen LogP) is 2.51. The number of carbonyl (C=O) groups excluding carboxylic acids is 1. The molecule has 0 radical (unpaired) electrons. The van der Waals surface area contributed by atoms with Crippen LogP contribution in [0.25, 0.3) is 0 Å². The lowest BCUT2D eigenvalue weighted by molar-refractivity contribution is -0.121. The Labute approximate surface area is 88.6 Å². The van der Waals surface area contributed by atoms with E-state index >= 15 is 0 Å². The van der Waals surface area contributed by atoms with Crippen molar-refractivity contribution >= 4 is 28.5 Å². The van der Waals surface area contributed by atoms with E-state index in [4.69, 9.17) is 0 Å². The summed E-state index contributed by atoms with van der Waals surface area (Å²) in [7, 11) is 0. The molecule has 0 fully saturated rings. The molecule has 0 bridgehead atoms. The molecule has 0 saturated heterocycles. The molecule has 0 aliphatic carbocycles. The van der Waals surface area contributed by atoms with Crippen molar-refractivity contribution in [2.24, 2.45) is 0 Å². The van der Waals surface area contributed by atoms with E-state index in [1.807, 2.05) is 0 Å². The van der Waals surface area contributed by atoms with Gasteiger partial charge in [0.2, 0.25) is 5.91 Å². The van der Waals surface area contributed by atoms with Crippen LogP contribution < -0.4 is 5.32 Å². The van der Waals surface area contributed by atoms with Crippen molar-refractivity contribution in [2.45, 2.75) is 45.6 Å². The van der Waals surface area contributed by atoms with Gasteiger partial charge in [-0.25, -0.2) is 0 Å². The van der Waals surface area contributed by atoms with E-state index in [1.54, 1.807) is 0 Å². The lowest BCUT2D eigenvalue weighted by atomic mass is 10.2. The van der Waals surface area contributed by atoms with Crippen LogP contribution in [-0.4, -0.2) is 16.4 Å². The summed E-state index contributed by atoms with van der Waals surface area (Å²) in [6.45, 7) is 4.19. The van der Waals surface area contributed by atoms with Crippen LogP contribution in [0.15, 0.2) is 0 Å². The van der Waals surface area contributed by atoms with Crippen LogP contribution in [0.1, 0.15) is 39.5 Å². The van der Waals surface area contributed by atoms with E-state index in [2.05, 4.69) is 41.8 Å². The predicted molar refractivity (Wildman–Crippen MR) is 60.6 cm³/mol. The third kappa shape index (κ3) is 6.88. The maximum atomic E-state index is 11.2. The van der Waals surface area contributed by atoms with E-state index in [1.165, 1.54) is 0 Å². The van der Waals surface area contributed by atoms with Crippen molar-refractivity contribution in [3.8, 4) is 0 Å². The SMILES string of the molecule is CCCC(C)NC(=O)CCCI. The van der Waals surface area contributed by atoms with Gasteiger partial charge >= 0.3 is 0 Å². The summed E-state index contributed by atoms with van der Waals surface area (Å²) >= 11 is 2.29. The molecule has 0 aliphatic rings. The smallest absolute Gasteiger partial charge is 0.220 e. The third-order valence-electron chi connectivity index (χ3n) is 1.67. The Morgan fingerprint density at radius 3 is 2.75 bits per heavy atom. The summed E-state index contributed by atoms with van der Waals surface area (Å²) < 4.78 is 1.06. The number of alkyl halides is 1. The molecule has 0 aromatic heterocycles. The highest BCUT2D eigenvalue weighted by Crippen LogP contribution is 1.98. The molecule has 1 amide bonds. The first kappa shape index (κ1) is 12.2. The summed E-state index contributed by atoms with van der Waals surface area (Å²) in [5, 5.41) is 2.97.